The first-order valence-corrected chi connectivity index (χ1v) is 15.3. The van der Waals surface area contributed by atoms with Gasteiger partial charge >= 0.3 is 11.9 Å². The number of phenols is 2. The number of rotatable bonds is 13. The molecule has 5 N–H and O–H groups in total. The Morgan fingerprint density at radius 2 is 1.10 bits per heavy atom. The maximum atomic E-state index is 13.6. The number of nitrogens with one attached hydrogen (secondary N) is 2. The number of carboxylic acids is 1. The van der Waals surface area contributed by atoms with Gasteiger partial charge in [0.1, 0.15) is 34.3 Å². The van der Waals surface area contributed by atoms with Gasteiger partial charge in [-0.25, -0.2) is 38.3 Å². The number of esters is 1. The van der Waals surface area contributed by atoms with E-state index in [1.165, 1.54) is 36.4 Å². The maximum Gasteiger partial charge on any atom is 0.341 e. The van der Waals surface area contributed by atoms with Crippen molar-refractivity contribution in [2.24, 2.45) is 0 Å². The lowest BCUT2D eigenvalue weighted by atomic mass is 10.1. The molecular formula is C34H40F2N6O6. The topological polar surface area (TPSA) is 180 Å². The van der Waals surface area contributed by atoms with Crippen molar-refractivity contribution in [2.45, 2.75) is 60.3 Å². The zero-order chi connectivity index (χ0) is 35.4. The highest BCUT2D eigenvalue weighted by Crippen LogP contribution is 2.19. The monoisotopic (exact) mass is 666 g/mol. The molecule has 12 nitrogen and oxygen atoms in total. The predicted octanol–water partition coefficient (Wildman–Crippen LogP) is 5.84. The van der Waals surface area contributed by atoms with E-state index in [2.05, 4.69) is 30.6 Å². The number of halogens is 2. The van der Waals surface area contributed by atoms with Gasteiger partial charge in [-0.3, -0.25) is 0 Å². The quantitative estimate of drug-likeness (QED) is 0.0851. The second-order valence-corrected chi connectivity index (χ2v) is 10.8. The van der Waals surface area contributed by atoms with Crippen LogP contribution >= 0.6 is 0 Å². The van der Waals surface area contributed by atoms with Crippen LogP contribution in [-0.2, 0) is 17.6 Å². The highest BCUT2D eigenvalue weighted by Gasteiger charge is 2.17. The van der Waals surface area contributed by atoms with Crippen LogP contribution in [0.5, 0.6) is 11.5 Å². The van der Waals surface area contributed by atoms with Crippen LogP contribution < -0.4 is 10.6 Å². The second kappa shape index (κ2) is 17.5. The summed E-state index contributed by atoms with van der Waals surface area (Å²) in [7, 11) is 0. The molecule has 0 spiro atoms. The number of anilines is 2. The summed E-state index contributed by atoms with van der Waals surface area (Å²) in [6.07, 6.45) is 2.19. The summed E-state index contributed by atoms with van der Waals surface area (Å²) < 4.78 is 32.1. The van der Waals surface area contributed by atoms with E-state index in [1.807, 2.05) is 0 Å². The molecule has 0 amide bonds. The molecule has 0 saturated heterocycles. The highest BCUT2D eigenvalue weighted by atomic mass is 19.1. The molecule has 0 aliphatic carbocycles. The summed E-state index contributed by atoms with van der Waals surface area (Å²) in [5, 5.41) is 33.9. The number of carboxylic acid groups (broad SMARTS) is 1. The number of nitrogens with zero attached hydrogens (tertiary/aromatic N) is 4. The Kier molecular flexibility index (Phi) is 13.5. The predicted molar refractivity (Wildman–Crippen MR) is 176 cm³/mol. The van der Waals surface area contributed by atoms with E-state index in [0.29, 0.717) is 96.7 Å². The van der Waals surface area contributed by atoms with Crippen LogP contribution in [0.1, 0.15) is 74.4 Å². The number of aryl methyl sites for hydroxylation is 6. The molecule has 4 rings (SSSR count). The average molecular weight is 667 g/mol. The maximum absolute atomic E-state index is 13.6. The Hall–Kier alpha value is -5.40. The Morgan fingerprint density at radius 1 is 0.708 bits per heavy atom. The van der Waals surface area contributed by atoms with E-state index in [0.717, 1.165) is 0 Å². The van der Waals surface area contributed by atoms with Crippen molar-refractivity contribution in [1.82, 2.24) is 19.9 Å². The van der Waals surface area contributed by atoms with E-state index >= 15 is 0 Å². The molecule has 4 aromatic rings. The van der Waals surface area contributed by atoms with Gasteiger partial charge in [-0.2, -0.15) is 0 Å². The van der Waals surface area contributed by atoms with Crippen molar-refractivity contribution in [3.8, 4) is 11.5 Å². The third kappa shape index (κ3) is 10.6. The van der Waals surface area contributed by atoms with Gasteiger partial charge in [-0.15, -0.1) is 0 Å². The van der Waals surface area contributed by atoms with Crippen LogP contribution in [0, 0.1) is 39.3 Å². The van der Waals surface area contributed by atoms with Gasteiger partial charge in [-0.1, -0.05) is 0 Å². The first-order chi connectivity index (χ1) is 22.8. The molecule has 0 fully saturated rings. The Labute approximate surface area is 277 Å². The minimum atomic E-state index is -1.05. The Morgan fingerprint density at radius 3 is 1.48 bits per heavy atom. The minimum absolute atomic E-state index is 0.0354. The number of carbonyl (C=O) groups is 2. The molecule has 0 bridgehead atoms. The normalized spacial score (nSPS) is 10.6. The number of aromatic hydroxyl groups is 2. The summed E-state index contributed by atoms with van der Waals surface area (Å²) in [4.78, 5) is 39.8. The van der Waals surface area contributed by atoms with Gasteiger partial charge in [0.15, 0.2) is 0 Å². The molecule has 48 heavy (non-hydrogen) atoms. The fourth-order valence-electron chi connectivity index (χ4n) is 4.86. The number of hydrogen-bond acceptors (Lipinski definition) is 11. The van der Waals surface area contributed by atoms with E-state index < -0.39 is 11.9 Å². The van der Waals surface area contributed by atoms with Crippen LogP contribution in [0.25, 0.3) is 0 Å². The number of phenolic OH excluding ortho intramolecular Hbond substituents is 2. The van der Waals surface area contributed by atoms with Gasteiger partial charge in [0.05, 0.1) is 29.4 Å². The van der Waals surface area contributed by atoms with Crippen molar-refractivity contribution in [3.63, 3.8) is 0 Å². The van der Waals surface area contributed by atoms with Crippen LogP contribution in [0.15, 0.2) is 36.4 Å². The van der Waals surface area contributed by atoms with Crippen molar-refractivity contribution < 1.29 is 38.4 Å². The van der Waals surface area contributed by atoms with Gasteiger partial charge in [0, 0.05) is 13.1 Å². The first kappa shape index (κ1) is 37.1. The second-order valence-electron chi connectivity index (χ2n) is 10.8. The van der Waals surface area contributed by atoms with Crippen LogP contribution in [0.3, 0.4) is 0 Å². The Balaban J connectivity index is 0.000000261. The molecule has 0 aliphatic heterocycles. The van der Waals surface area contributed by atoms with Gasteiger partial charge < -0.3 is 30.7 Å². The summed E-state index contributed by atoms with van der Waals surface area (Å²) in [6.45, 7) is 9.77. The van der Waals surface area contributed by atoms with E-state index in [1.54, 1.807) is 34.6 Å². The van der Waals surface area contributed by atoms with Gasteiger partial charge in [-0.05, 0) is 108 Å². The van der Waals surface area contributed by atoms with Crippen molar-refractivity contribution in [2.75, 3.05) is 30.3 Å². The summed E-state index contributed by atoms with van der Waals surface area (Å²) in [5.41, 5.74) is 3.29. The fraction of sp³-hybridized carbons (Fsp3) is 0.353. The lowest BCUT2D eigenvalue weighted by molar-refractivity contribution is 0.0523. The number of benzene rings is 2. The van der Waals surface area contributed by atoms with Crippen LogP contribution in [0.2, 0.25) is 0 Å². The zero-order valence-corrected chi connectivity index (χ0v) is 27.5. The summed E-state index contributed by atoms with van der Waals surface area (Å²) in [5.74, 6) is -1.31. The smallest absolute Gasteiger partial charge is 0.341 e. The van der Waals surface area contributed by atoms with Crippen molar-refractivity contribution in [3.05, 3.63) is 93.1 Å². The molecule has 14 heteroatoms. The molecule has 2 aromatic heterocycles. The first-order valence-electron chi connectivity index (χ1n) is 15.3. The number of ether oxygens (including phenoxy) is 1. The molecule has 0 aliphatic rings. The molecule has 0 saturated carbocycles. The minimum Gasteiger partial charge on any atom is -0.508 e. The average Bonchev–Trinajstić information content (AvgIpc) is 3.00. The molecule has 256 valence electrons. The highest BCUT2D eigenvalue weighted by molar-refractivity contribution is 5.92. The number of hydrogen-bond donors (Lipinski definition) is 5. The fourth-order valence-corrected chi connectivity index (χ4v) is 4.86. The number of aromatic nitrogens is 4. The molecule has 0 radical (unpaired) electrons. The molecule has 2 aromatic carbocycles. The van der Waals surface area contributed by atoms with Gasteiger partial charge in [0.2, 0.25) is 11.9 Å². The van der Waals surface area contributed by atoms with Crippen LogP contribution in [-0.4, -0.2) is 66.9 Å². The largest absolute Gasteiger partial charge is 0.508 e. The van der Waals surface area contributed by atoms with E-state index in [-0.39, 0.29) is 28.7 Å². The molecule has 2 heterocycles. The zero-order valence-electron chi connectivity index (χ0n) is 27.5. The number of carbonyl (C=O) groups excluding carboxylic acids is 1. The summed E-state index contributed by atoms with van der Waals surface area (Å²) >= 11 is 0. The third-order valence-electron chi connectivity index (χ3n) is 7.11. The van der Waals surface area contributed by atoms with Crippen molar-refractivity contribution in [1.29, 1.82) is 0 Å². The molecular weight excluding hydrogens is 626 g/mol. The van der Waals surface area contributed by atoms with E-state index in [4.69, 9.17) is 9.84 Å². The summed E-state index contributed by atoms with van der Waals surface area (Å²) in [6, 6.07) is 7.94. The number of aromatic carboxylic acids is 1. The van der Waals surface area contributed by atoms with Crippen LogP contribution in [0.4, 0.5) is 20.7 Å². The van der Waals surface area contributed by atoms with E-state index in [9.17, 15) is 28.6 Å². The Bertz CT molecular complexity index is 1710. The standard InChI is InChI=1S/C18H22FN3O3.C16H18FN3O3/c1-4-25-17(24)16-11(2)21-18(22-12(16)3)20-9-5-6-13-10-14(23)7-8-15(13)19;1-9-14(15(22)23)10(2)20-16(19-9)18-7-3-4-11-8-12(21)5-6-13(11)17/h7-8,10,23H,4-6,9H2,1-3H3,(H,20,21,22);5-6,8,21H,3-4,7H2,1-2H3,(H,22,23)(H,18,19,20). The lowest BCUT2D eigenvalue weighted by Gasteiger charge is -2.11. The van der Waals surface area contributed by atoms with Crippen molar-refractivity contribution >= 4 is 23.8 Å². The third-order valence-corrected chi connectivity index (χ3v) is 7.11. The molecule has 0 atom stereocenters. The van der Waals surface area contributed by atoms with Gasteiger partial charge in [0.25, 0.3) is 0 Å². The lowest BCUT2D eigenvalue weighted by Crippen LogP contribution is -2.14. The SMILES string of the molecule is CCOC(=O)c1c(C)nc(NCCCc2cc(O)ccc2F)nc1C.Cc1nc(NCCCc2cc(O)ccc2F)nc(C)c1C(=O)O. The molecule has 0 unspecified atom stereocenters.